The van der Waals surface area contributed by atoms with Gasteiger partial charge in [-0.2, -0.15) is 0 Å². The minimum Gasteiger partial charge on any atom is -0.343 e. The summed E-state index contributed by atoms with van der Waals surface area (Å²) in [7, 11) is 0. The molecule has 2 nitrogen and oxygen atoms in total. The lowest BCUT2D eigenvalue weighted by Gasteiger charge is -2.30. The number of benzene rings is 2. The standard InChI is InChI=1S/C18H18O2/c1-17(2)19-16-12-13-8-6-7-11-15(13)18(16,20-17)14-9-4-3-5-10-14/h3-11,16H,12H2,1-2H3. The van der Waals surface area contributed by atoms with Crippen molar-refractivity contribution < 1.29 is 9.47 Å². The van der Waals surface area contributed by atoms with Crippen LogP contribution in [0.2, 0.25) is 0 Å². The summed E-state index contributed by atoms with van der Waals surface area (Å²) in [4.78, 5) is 0. The predicted molar refractivity (Wildman–Crippen MR) is 77.4 cm³/mol. The molecule has 20 heavy (non-hydrogen) atoms. The van der Waals surface area contributed by atoms with Gasteiger partial charge in [0.15, 0.2) is 5.79 Å². The average Bonchev–Trinajstić information content (AvgIpc) is 2.88. The molecule has 2 aromatic carbocycles. The van der Waals surface area contributed by atoms with Gasteiger partial charge < -0.3 is 9.47 Å². The Labute approximate surface area is 119 Å². The van der Waals surface area contributed by atoms with Crippen molar-refractivity contribution in [2.75, 3.05) is 0 Å². The van der Waals surface area contributed by atoms with Crippen molar-refractivity contribution >= 4 is 0 Å². The van der Waals surface area contributed by atoms with E-state index in [4.69, 9.17) is 9.47 Å². The van der Waals surface area contributed by atoms with Gasteiger partial charge in [0, 0.05) is 6.42 Å². The summed E-state index contributed by atoms with van der Waals surface area (Å²) < 4.78 is 12.6. The average molecular weight is 266 g/mol. The topological polar surface area (TPSA) is 18.5 Å². The smallest absolute Gasteiger partial charge is 0.165 e. The Morgan fingerprint density at radius 3 is 2.45 bits per heavy atom. The third-order valence-corrected chi connectivity index (χ3v) is 4.31. The normalized spacial score (nSPS) is 30.0. The van der Waals surface area contributed by atoms with Gasteiger partial charge in [-0.25, -0.2) is 0 Å². The van der Waals surface area contributed by atoms with Crippen LogP contribution in [0, 0.1) is 0 Å². The highest BCUT2D eigenvalue weighted by molar-refractivity contribution is 5.48. The fraction of sp³-hybridized carbons (Fsp3) is 0.333. The first kappa shape index (κ1) is 12.1. The minimum absolute atomic E-state index is 0.0531. The molecule has 102 valence electrons. The molecule has 2 unspecified atom stereocenters. The molecular weight excluding hydrogens is 248 g/mol. The second-order valence-electron chi connectivity index (χ2n) is 6.07. The zero-order chi connectivity index (χ0) is 13.8. The predicted octanol–water partition coefficient (Wildman–Crippen LogP) is 3.64. The number of hydrogen-bond acceptors (Lipinski definition) is 2. The molecule has 1 aliphatic heterocycles. The zero-order valence-corrected chi connectivity index (χ0v) is 11.8. The van der Waals surface area contributed by atoms with Crippen molar-refractivity contribution in [3.63, 3.8) is 0 Å². The first-order chi connectivity index (χ1) is 9.62. The molecule has 0 saturated carbocycles. The molecule has 0 spiro atoms. The summed E-state index contributed by atoms with van der Waals surface area (Å²) in [6.45, 7) is 4.00. The molecule has 1 saturated heterocycles. The third-order valence-electron chi connectivity index (χ3n) is 4.31. The highest BCUT2D eigenvalue weighted by Crippen LogP contribution is 2.54. The van der Waals surface area contributed by atoms with Gasteiger partial charge in [0.2, 0.25) is 0 Å². The molecule has 1 aliphatic carbocycles. The third kappa shape index (κ3) is 1.52. The number of fused-ring (bicyclic) bond motifs is 3. The fourth-order valence-corrected chi connectivity index (χ4v) is 3.66. The molecule has 2 atom stereocenters. The van der Waals surface area contributed by atoms with Crippen LogP contribution >= 0.6 is 0 Å². The van der Waals surface area contributed by atoms with E-state index in [-0.39, 0.29) is 6.10 Å². The highest BCUT2D eigenvalue weighted by atomic mass is 16.8. The first-order valence-corrected chi connectivity index (χ1v) is 7.14. The van der Waals surface area contributed by atoms with Gasteiger partial charge in [-0.3, -0.25) is 0 Å². The van der Waals surface area contributed by atoms with Crippen molar-refractivity contribution in [2.24, 2.45) is 0 Å². The quantitative estimate of drug-likeness (QED) is 0.784. The van der Waals surface area contributed by atoms with Crippen LogP contribution in [0.3, 0.4) is 0 Å². The van der Waals surface area contributed by atoms with E-state index in [9.17, 15) is 0 Å². The van der Waals surface area contributed by atoms with E-state index in [2.05, 4.69) is 48.5 Å². The molecule has 1 heterocycles. The van der Waals surface area contributed by atoms with Crippen molar-refractivity contribution in [3.8, 4) is 0 Å². The summed E-state index contributed by atoms with van der Waals surface area (Å²) in [5.74, 6) is -0.548. The summed E-state index contributed by atoms with van der Waals surface area (Å²) in [6.07, 6.45) is 0.964. The van der Waals surface area contributed by atoms with E-state index in [0.29, 0.717) is 0 Å². The molecular formula is C18H18O2. The van der Waals surface area contributed by atoms with Crippen molar-refractivity contribution in [3.05, 3.63) is 71.3 Å². The fourth-order valence-electron chi connectivity index (χ4n) is 3.66. The molecule has 2 heteroatoms. The van der Waals surface area contributed by atoms with Crippen LogP contribution in [-0.2, 0) is 21.5 Å². The van der Waals surface area contributed by atoms with E-state index in [1.807, 2.05) is 19.9 Å². The van der Waals surface area contributed by atoms with Crippen LogP contribution in [0.25, 0.3) is 0 Å². The first-order valence-electron chi connectivity index (χ1n) is 7.14. The van der Waals surface area contributed by atoms with Crippen molar-refractivity contribution in [2.45, 2.75) is 37.8 Å². The lowest BCUT2D eigenvalue weighted by Crippen LogP contribution is -2.35. The monoisotopic (exact) mass is 266 g/mol. The van der Waals surface area contributed by atoms with Gasteiger partial charge in [0.1, 0.15) is 11.7 Å². The molecule has 4 rings (SSSR count). The van der Waals surface area contributed by atoms with E-state index < -0.39 is 11.4 Å². The SMILES string of the molecule is CC1(C)OC2Cc3ccccc3C2(c2ccccc2)O1. The number of hydrogen-bond donors (Lipinski definition) is 0. The van der Waals surface area contributed by atoms with Gasteiger partial charge >= 0.3 is 0 Å². The van der Waals surface area contributed by atoms with Gasteiger partial charge in [-0.05, 0) is 30.5 Å². The maximum absolute atomic E-state index is 6.45. The maximum Gasteiger partial charge on any atom is 0.165 e. The number of rotatable bonds is 1. The lowest BCUT2D eigenvalue weighted by atomic mass is 9.86. The van der Waals surface area contributed by atoms with Crippen LogP contribution in [0.4, 0.5) is 0 Å². The summed E-state index contributed by atoms with van der Waals surface area (Å²) in [6, 6.07) is 19.0. The summed E-state index contributed by atoms with van der Waals surface area (Å²) >= 11 is 0. The number of ether oxygens (including phenoxy) is 2. The van der Waals surface area contributed by atoms with E-state index in [0.717, 1.165) is 6.42 Å². The van der Waals surface area contributed by atoms with Crippen LogP contribution < -0.4 is 0 Å². The van der Waals surface area contributed by atoms with Crippen LogP contribution in [0.5, 0.6) is 0 Å². The van der Waals surface area contributed by atoms with Crippen molar-refractivity contribution in [1.82, 2.24) is 0 Å². The van der Waals surface area contributed by atoms with Gasteiger partial charge in [-0.15, -0.1) is 0 Å². The highest BCUT2D eigenvalue weighted by Gasteiger charge is 2.59. The Morgan fingerprint density at radius 1 is 0.950 bits per heavy atom. The van der Waals surface area contributed by atoms with Crippen LogP contribution in [0.15, 0.2) is 54.6 Å². The largest absolute Gasteiger partial charge is 0.343 e. The second kappa shape index (κ2) is 3.94. The van der Waals surface area contributed by atoms with Crippen LogP contribution in [-0.4, -0.2) is 11.9 Å². The summed E-state index contributed by atoms with van der Waals surface area (Å²) in [5, 5.41) is 0. The summed E-state index contributed by atoms with van der Waals surface area (Å²) in [5.41, 5.74) is 3.31. The Morgan fingerprint density at radius 2 is 1.65 bits per heavy atom. The second-order valence-corrected chi connectivity index (χ2v) is 6.07. The minimum atomic E-state index is -0.548. The molecule has 0 aromatic heterocycles. The molecule has 0 radical (unpaired) electrons. The Bertz CT molecular complexity index is 647. The van der Waals surface area contributed by atoms with Crippen LogP contribution in [0.1, 0.15) is 30.5 Å². The molecule has 2 aliphatic rings. The molecule has 1 fully saturated rings. The van der Waals surface area contributed by atoms with Gasteiger partial charge in [-0.1, -0.05) is 54.6 Å². The van der Waals surface area contributed by atoms with E-state index >= 15 is 0 Å². The maximum atomic E-state index is 6.45. The molecule has 2 aromatic rings. The van der Waals surface area contributed by atoms with Gasteiger partial charge in [0.05, 0.1) is 0 Å². The zero-order valence-electron chi connectivity index (χ0n) is 11.8. The lowest BCUT2D eigenvalue weighted by molar-refractivity contribution is -0.159. The Balaban J connectivity index is 1.96. The Hall–Kier alpha value is -1.64. The Kier molecular flexibility index (Phi) is 2.39. The molecule has 0 bridgehead atoms. The van der Waals surface area contributed by atoms with E-state index in [1.54, 1.807) is 0 Å². The van der Waals surface area contributed by atoms with E-state index in [1.165, 1.54) is 16.7 Å². The molecule has 0 amide bonds. The van der Waals surface area contributed by atoms with Gasteiger partial charge in [0.25, 0.3) is 0 Å². The van der Waals surface area contributed by atoms with Crippen molar-refractivity contribution in [1.29, 1.82) is 0 Å². The molecule has 0 N–H and O–H groups in total.